The fourth-order valence-corrected chi connectivity index (χ4v) is 1.50. The Balaban J connectivity index is 1.92. The van der Waals surface area contributed by atoms with Crippen molar-refractivity contribution in [3.05, 3.63) is 65.7 Å². The third-order valence-corrected chi connectivity index (χ3v) is 2.44. The second-order valence-electron chi connectivity index (χ2n) is 3.76. The lowest BCUT2D eigenvalue weighted by Gasteiger charge is -2.06. The van der Waals surface area contributed by atoms with E-state index < -0.39 is 0 Å². The van der Waals surface area contributed by atoms with E-state index in [1.807, 2.05) is 54.6 Å². The largest absolute Gasteiger partial charge is 0.489 e. The summed E-state index contributed by atoms with van der Waals surface area (Å²) in [5, 5.41) is 3.70. The van der Waals surface area contributed by atoms with Crippen LogP contribution in [0.1, 0.15) is 11.1 Å². The van der Waals surface area contributed by atoms with Crippen LogP contribution < -0.4 is 4.74 Å². The predicted molar refractivity (Wildman–Crippen MR) is 71.8 cm³/mol. The van der Waals surface area contributed by atoms with Gasteiger partial charge in [-0.2, -0.15) is 0 Å². The molecule has 3 nitrogen and oxygen atoms in total. The lowest BCUT2D eigenvalue weighted by Crippen LogP contribution is -1.95. The van der Waals surface area contributed by atoms with Crippen LogP contribution in [0.4, 0.5) is 0 Å². The molecule has 0 radical (unpaired) electrons. The summed E-state index contributed by atoms with van der Waals surface area (Å²) in [7, 11) is 1.52. The van der Waals surface area contributed by atoms with Crippen LogP contribution in [0.15, 0.2) is 59.8 Å². The second kappa shape index (κ2) is 6.45. The molecule has 0 aliphatic carbocycles. The first kappa shape index (κ1) is 12.2. The molecule has 0 unspecified atom stereocenters. The summed E-state index contributed by atoms with van der Waals surface area (Å²) in [6, 6.07) is 17.8. The third-order valence-electron chi connectivity index (χ3n) is 2.44. The molecule has 0 spiro atoms. The van der Waals surface area contributed by atoms with Crippen molar-refractivity contribution in [1.82, 2.24) is 0 Å². The molecule has 2 rings (SSSR count). The van der Waals surface area contributed by atoms with Crippen LogP contribution >= 0.6 is 0 Å². The molecule has 0 saturated heterocycles. The molecular formula is C15H15NO2. The minimum absolute atomic E-state index is 0.576. The Hall–Kier alpha value is -2.29. The van der Waals surface area contributed by atoms with Crippen LogP contribution in [0.25, 0.3) is 0 Å². The van der Waals surface area contributed by atoms with Gasteiger partial charge in [-0.3, -0.25) is 0 Å². The van der Waals surface area contributed by atoms with Crippen LogP contribution in [0, 0.1) is 0 Å². The topological polar surface area (TPSA) is 30.8 Å². The first-order valence-electron chi connectivity index (χ1n) is 5.72. The maximum absolute atomic E-state index is 5.68. The maximum Gasteiger partial charge on any atom is 0.119 e. The maximum atomic E-state index is 5.68. The van der Waals surface area contributed by atoms with E-state index in [0.717, 1.165) is 16.9 Å². The highest BCUT2D eigenvalue weighted by Crippen LogP contribution is 2.13. The fourth-order valence-electron chi connectivity index (χ4n) is 1.50. The monoisotopic (exact) mass is 241 g/mol. The van der Waals surface area contributed by atoms with E-state index >= 15 is 0 Å². The van der Waals surface area contributed by atoms with Gasteiger partial charge in [0, 0.05) is 0 Å². The zero-order valence-electron chi connectivity index (χ0n) is 10.2. The molecule has 2 aromatic carbocycles. The normalized spacial score (nSPS) is 10.5. The van der Waals surface area contributed by atoms with E-state index in [0.29, 0.717) is 6.61 Å². The van der Waals surface area contributed by atoms with Crippen LogP contribution in [0.2, 0.25) is 0 Å². The van der Waals surface area contributed by atoms with E-state index in [2.05, 4.69) is 9.99 Å². The van der Waals surface area contributed by atoms with Crippen molar-refractivity contribution in [2.45, 2.75) is 6.61 Å². The molecular weight excluding hydrogens is 226 g/mol. The first-order valence-corrected chi connectivity index (χ1v) is 5.72. The number of nitrogens with zero attached hydrogens (tertiary/aromatic N) is 1. The van der Waals surface area contributed by atoms with Crippen LogP contribution in [0.5, 0.6) is 5.75 Å². The van der Waals surface area contributed by atoms with Gasteiger partial charge in [-0.05, 0) is 35.4 Å². The molecule has 0 aliphatic heterocycles. The minimum Gasteiger partial charge on any atom is -0.489 e. The Labute approximate surface area is 107 Å². The van der Waals surface area contributed by atoms with E-state index in [-0.39, 0.29) is 0 Å². The van der Waals surface area contributed by atoms with Crippen molar-refractivity contribution in [2.75, 3.05) is 7.11 Å². The summed E-state index contributed by atoms with van der Waals surface area (Å²) in [4.78, 5) is 4.62. The lowest BCUT2D eigenvalue weighted by atomic mass is 10.2. The smallest absolute Gasteiger partial charge is 0.119 e. The fraction of sp³-hybridized carbons (Fsp3) is 0.133. The molecule has 2 aromatic rings. The zero-order valence-corrected chi connectivity index (χ0v) is 10.2. The van der Waals surface area contributed by atoms with Crippen molar-refractivity contribution < 1.29 is 9.57 Å². The second-order valence-corrected chi connectivity index (χ2v) is 3.76. The number of rotatable bonds is 5. The average Bonchev–Trinajstić information content (AvgIpc) is 2.45. The highest BCUT2D eigenvalue weighted by molar-refractivity contribution is 5.79. The van der Waals surface area contributed by atoms with Gasteiger partial charge in [-0.25, -0.2) is 0 Å². The van der Waals surface area contributed by atoms with Gasteiger partial charge in [0.25, 0.3) is 0 Å². The summed E-state index contributed by atoms with van der Waals surface area (Å²) in [6.07, 6.45) is 1.65. The number of oxime groups is 1. The number of hydrogen-bond donors (Lipinski definition) is 0. The van der Waals surface area contributed by atoms with Crippen LogP contribution in [0.3, 0.4) is 0 Å². The van der Waals surface area contributed by atoms with E-state index in [1.165, 1.54) is 7.11 Å². The number of hydrogen-bond acceptors (Lipinski definition) is 3. The molecule has 0 fully saturated rings. The first-order chi connectivity index (χ1) is 8.88. The molecule has 18 heavy (non-hydrogen) atoms. The predicted octanol–water partition coefficient (Wildman–Crippen LogP) is 3.25. The Morgan fingerprint density at radius 1 is 1.00 bits per heavy atom. The highest BCUT2D eigenvalue weighted by atomic mass is 16.6. The van der Waals surface area contributed by atoms with Gasteiger partial charge in [0.1, 0.15) is 19.5 Å². The lowest BCUT2D eigenvalue weighted by molar-refractivity contribution is 0.215. The van der Waals surface area contributed by atoms with Gasteiger partial charge >= 0.3 is 0 Å². The Morgan fingerprint density at radius 3 is 2.39 bits per heavy atom. The van der Waals surface area contributed by atoms with Crippen molar-refractivity contribution in [3.63, 3.8) is 0 Å². The van der Waals surface area contributed by atoms with Crippen molar-refractivity contribution >= 4 is 6.21 Å². The summed E-state index contributed by atoms with van der Waals surface area (Å²) in [5.41, 5.74) is 2.13. The molecule has 0 saturated carbocycles. The summed E-state index contributed by atoms with van der Waals surface area (Å²) in [5.74, 6) is 0.841. The molecule has 0 aliphatic rings. The molecule has 92 valence electrons. The van der Waals surface area contributed by atoms with E-state index in [1.54, 1.807) is 6.21 Å². The van der Waals surface area contributed by atoms with Gasteiger partial charge in [-0.15, -0.1) is 0 Å². The Kier molecular flexibility index (Phi) is 4.36. The highest BCUT2D eigenvalue weighted by Gasteiger charge is 1.95. The zero-order chi connectivity index (χ0) is 12.6. The molecule has 0 aromatic heterocycles. The van der Waals surface area contributed by atoms with Crippen molar-refractivity contribution in [1.29, 1.82) is 0 Å². The summed E-state index contributed by atoms with van der Waals surface area (Å²) in [6.45, 7) is 0.576. The molecule has 0 atom stereocenters. The van der Waals surface area contributed by atoms with Gasteiger partial charge in [0.05, 0.1) is 6.21 Å². The number of benzene rings is 2. The molecule has 0 amide bonds. The van der Waals surface area contributed by atoms with Gasteiger partial charge < -0.3 is 9.57 Å². The standard InChI is InChI=1S/C15H15NO2/c1-17-16-11-13-7-9-15(10-8-13)18-12-14-5-3-2-4-6-14/h2-11H,12H2,1H3. The summed E-state index contributed by atoms with van der Waals surface area (Å²) < 4.78 is 5.68. The van der Waals surface area contributed by atoms with E-state index in [4.69, 9.17) is 4.74 Å². The minimum atomic E-state index is 0.576. The quantitative estimate of drug-likeness (QED) is 0.594. The van der Waals surface area contributed by atoms with Crippen LogP contribution in [-0.2, 0) is 11.4 Å². The average molecular weight is 241 g/mol. The third kappa shape index (κ3) is 3.63. The Bertz CT molecular complexity index is 492. The van der Waals surface area contributed by atoms with Crippen molar-refractivity contribution in [3.8, 4) is 5.75 Å². The molecule has 0 N–H and O–H groups in total. The van der Waals surface area contributed by atoms with E-state index in [9.17, 15) is 0 Å². The number of ether oxygens (including phenoxy) is 1. The molecule has 0 bridgehead atoms. The van der Waals surface area contributed by atoms with Crippen molar-refractivity contribution in [2.24, 2.45) is 5.16 Å². The van der Waals surface area contributed by atoms with Gasteiger partial charge in [-0.1, -0.05) is 35.5 Å². The Morgan fingerprint density at radius 2 is 1.72 bits per heavy atom. The molecule has 3 heteroatoms. The summed E-state index contributed by atoms with van der Waals surface area (Å²) >= 11 is 0. The van der Waals surface area contributed by atoms with Crippen LogP contribution in [-0.4, -0.2) is 13.3 Å². The SMILES string of the molecule is CON=Cc1ccc(OCc2ccccc2)cc1. The van der Waals surface area contributed by atoms with Gasteiger partial charge in [0.15, 0.2) is 0 Å². The van der Waals surface area contributed by atoms with Gasteiger partial charge in [0.2, 0.25) is 0 Å². The molecule has 0 heterocycles.